The zero-order chi connectivity index (χ0) is 18.8. The molecule has 2 aromatic rings. The molecule has 4 N–H and O–H groups in total. The Morgan fingerprint density at radius 1 is 1.08 bits per heavy atom. The van der Waals surface area contributed by atoms with E-state index in [-0.39, 0.29) is 0 Å². The van der Waals surface area contributed by atoms with Gasteiger partial charge in [0.1, 0.15) is 40.1 Å². The van der Waals surface area contributed by atoms with Crippen molar-refractivity contribution in [1.82, 2.24) is 4.98 Å². The van der Waals surface area contributed by atoms with Gasteiger partial charge < -0.3 is 25.2 Å². The Kier molecular flexibility index (Phi) is 6.45. The van der Waals surface area contributed by atoms with Crippen LogP contribution in [0.4, 0.5) is 0 Å². The maximum atomic E-state index is 10.3. The first kappa shape index (κ1) is 19.9. The van der Waals surface area contributed by atoms with E-state index in [9.17, 15) is 20.4 Å². The molecule has 6 nitrogen and oxygen atoms in total. The highest BCUT2D eigenvalue weighted by Crippen LogP contribution is 2.37. The molecule has 1 saturated heterocycles. The predicted octanol–water partition coefficient (Wildman–Crippen LogP) is 1.57. The Bertz CT molecular complexity index is 736. The quantitative estimate of drug-likeness (QED) is 0.559. The number of aliphatic hydroxyl groups excluding tert-OH is 4. The number of hydrogen-bond donors (Lipinski definition) is 4. The zero-order valence-electron chi connectivity index (χ0n) is 14.2. The highest BCUT2D eigenvalue weighted by Gasteiger charge is 2.45. The minimum atomic E-state index is -1.40. The molecule has 3 rings (SSSR count). The van der Waals surface area contributed by atoms with Crippen LogP contribution in [-0.4, -0.2) is 56.4 Å². The number of aromatic nitrogens is 1. The summed E-state index contributed by atoms with van der Waals surface area (Å²) >= 11 is 4.82. The molecule has 0 bridgehead atoms. The molecule has 0 spiro atoms. The number of rotatable bonds is 5. The Labute approximate surface area is 164 Å². The van der Waals surface area contributed by atoms with Crippen molar-refractivity contribution in [3.63, 3.8) is 0 Å². The molecule has 1 aliphatic heterocycles. The normalized spacial score (nSPS) is 29.1. The van der Waals surface area contributed by atoms with Gasteiger partial charge in [-0.15, -0.1) is 11.3 Å². The number of thiazole rings is 1. The van der Waals surface area contributed by atoms with Crippen LogP contribution in [0.2, 0.25) is 0 Å². The van der Waals surface area contributed by atoms with E-state index in [4.69, 9.17) is 4.74 Å². The molecule has 0 radical (unpaired) electrons. The summed E-state index contributed by atoms with van der Waals surface area (Å²) in [6, 6.07) is 8.36. The lowest BCUT2D eigenvalue weighted by Gasteiger charge is -2.39. The third-order valence-corrected chi connectivity index (χ3v) is 6.63. The Hall–Kier alpha value is -0.870. The van der Waals surface area contributed by atoms with E-state index in [1.807, 2.05) is 0 Å². The van der Waals surface area contributed by atoms with Crippen LogP contribution >= 0.6 is 27.3 Å². The van der Waals surface area contributed by atoms with Crippen molar-refractivity contribution in [2.45, 2.75) is 50.3 Å². The van der Waals surface area contributed by atoms with E-state index in [0.29, 0.717) is 16.0 Å². The first-order chi connectivity index (χ1) is 12.4. The first-order valence-corrected chi connectivity index (χ1v) is 10.1. The third-order valence-electron chi connectivity index (χ3n) is 4.60. The first-order valence-electron chi connectivity index (χ1n) is 8.48. The second-order valence-corrected chi connectivity index (χ2v) is 8.23. The fourth-order valence-corrected chi connectivity index (χ4v) is 4.73. The minimum Gasteiger partial charge on any atom is -0.394 e. The third kappa shape index (κ3) is 4.01. The van der Waals surface area contributed by atoms with E-state index in [2.05, 4.69) is 52.1 Å². The molecular weight excluding hydrogens is 422 g/mol. The number of hydrogen-bond acceptors (Lipinski definition) is 7. The number of halogens is 1. The van der Waals surface area contributed by atoms with Crippen LogP contribution in [0.25, 0.3) is 0 Å². The lowest BCUT2D eigenvalue weighted by molar-refractivity contribution is -0.231. The van der Waals surface area contributed by atoms with Gasteiger partial charge in [-0.3, -0.25) is 0 Å². The number of nitrogens with zero attached hydrogens (tertiary/aromatic N) is 1. The van der Waals surface area contributed by atoms with Crippen LogP contribution in [0.3, 0.4) is 0 Å². The average molecular weight is 444 g/mol. The molecule has 1 aliphatic rings. The molecule has 1 aromatic heterocycles. The van der Waals surface area contributed by atoms with E-state index < -0.39 is 37.1 Å². The molecule has 142 valence electrons. The van der Waals surface area contributed by atoms with Crippen molar-refractivity contribution in [2.24, 2.45) is 0 Å². The number of benzene rings is 1. The molecule has 0 saturated carbocycles. The van der Waals surface area contributed by atoms with E-state index in [0.717, 1.165) is 16.9 Å². The Morgan fingerprint density at radius 2 is 1.73 bits per heavy atom. The summed E-state index contributed by atoms with van der Waals surface area (Å²) in [5.41, 5.74) is 2.42. The average Bonchev–Trinajstić information content (AvgIpc) is 3.01. The topological polar surface area (TPSA) is 103 Å². The molecule has 2 heterocycles. The van der Waals surface area contributed by atoms with Crippen LogP contribution in [0, 0.1) is 0 Å². The van der Waals surface area contributed by atoms with Crippen LogP contribution < -0.4 is 0 Å². The van der Waals surface area contributed by atoms with Gasteiger partial charge in [-0.2, -0.15) is 0 Å². The molecule has 0 aliphatic carbocycles. The fraction of sp³-hybridized carbons (Fsp3) is 0.500. The monoisotopic (exact) mass is 443 g/mol. The summed E-state index contributed by atoms with van der Waals surface area (Å²) in [4.78, 5) is 5.39. The van der Waals surface area contributed by atoms with Crippen LogP contribution in [0.1, 0.15) is 34.0 Å². The van der Waals surface area contributed by atoms with Gasteiger partial charge in [0.2, 0.25) is 0 Å². The molecule has 26 heavy (non-hydrogen) atoms. The summed E-state index contributed by atoms with van der Waals surface area (Å²) in [5, 5.41) is 39.9. The maximum Gasteiger partial charge on any atom is 0.138 e. The number of ether oxygens (including phenoxy) is 1. The molecule has 1 aromatic carbocycles. The van der Waals surface area contributed by atoms with Crippen molar-refractivity contribution >= 4 is 27.3 Å². The van der Waals surface area contributed by atoms with E-state index >= 15 is 0 Å². The Morgan fingerprint density at radius 3 is 2.35 bits per heavy atom. The van der Waals surface area contributed by atoms with Crippen molar-refractivity contribution in [3.05, 3.63) is 49.9 Å². The highest BCUT2D eigenvalue weighted by molar-refractivity contribution is 9.10. The van der Waals surface area contributed by atoms with Gasteiger partial charge >= 0.3 is 0 Å². The summed E-state index contributed by atoms with van der Waals surface area (Å²) in [6.07, 6.45) is -4.26. The van der Waals surface area contributed by atoms with E-state index in [1.54, 1.807) is 0 Å². The molecular formula is C18H22BrNO5S. The highest BCUT2D eigenvalue weighted by atomic mass is 79.9. The van der Waals surface area contributed by atoms with Gasteiger partial charge in [0.05, 0.1) is 6.61 Å². The van der Waals surface area contributed by atoms with Crippen molar-refractivity contribution in [2.75, 3.05) is 6.61 Å². The zero-order valence-corrected chi connectivity index (χ0v) is 16.7. The summed E-state index contributed by atoms with van der Waals surface area (Å²) in [7, 11) is 0. The summed E-state index contributed by atoms with van der Waals surface area (Å²) in [6.45, 7) is 1.66. The minimum absolute atomic E-state index is 0.454. The standard InChI is InChI=1S/C18H22BrNO5S/c1-2-9-3-5-10(6-4-9)7-12-17(19)20-18(26-12)16-15(24)14(23)13(22)11(8-21)25-16/h3-6,11,13-16,21-24H,2,7-8H2,1H3/t11-,13-,14+,15-,16-/m1/s1. The van der Waals surface area contributed by atoms with Gasteiger partial charge in [0, 0.05) is 11.3 Å². The molecule has 5 atom stereocenters. The molecule has 0 unspecified atom stereocenters. The smallest absolute Gasteiger partial charge is 0.138 e. The van der Waals surface area contributed by atoms with Crippen LogP contribution in [-0.2, 0) is 17.6 Å². The second kappa shape index (κ2) is 8.43. The van der Waals surface area contributed by atoms with Gasteiger partial charge in [-0.05, 0) is 33.5 Å². The fourth-order valence-electron chi connectivity index (χ4n) is 2.96. The van der Waals surface area contributed by atoms with Crippen molar-refractivity contribution in [3.8, 4) is 0 Å². The summed E-state index contributed by atoms with van der Waals surface area (Å²) < 4.78 is 6.24. The van der Waals surface area contributed by atoms with Crippen molar-refractivity contribution < 1.29 is 25.2 Å². The maximum absolute atomic E-state index is 10.3. The van der Waals surface area contributed by atoms with E-state index in [1.165, 1.54) is 16.9 Å². The van der Waals surface area contributed by atoms with Gasteiger partial charge in [-0.25, -0.2) is 4.98 Å². The lowest BCUT2D eigenvalue weighted by atomic mass is 9.95. The van der Waals surface area contributed by atoms with Crippen LogP contribution in [0.15, 0.2) is 28.9 Å². The molecule has 8 heteroatoms. The SMILES string of the molecule is CCc1ccc(Cc2sc([C@@H]3O[C@H](CO)[C@@H](O)[C@H](O)[C@H]3O)nc2Br)cc1. The predicted molar refractivity (Wildman–Crippen MR) is 101 cm³/mol. The van der Waals surface area contributed by atoms with Crippen molar-refractivity contribution in [1.29, 1.82) is 0 Å². The van der Waals surface area contributed by atoms with Gasteiger partial charge in [0.25, 0.3) is 0 Å². The lowest BCUT2D eigenvalue weighted by Crippen LogP contribution is -2.55. The number of aliphatic hydroxyl groups is 4. The molecule has 0 amide bonds. The Balaban J connectivity index is 1.80. The van der Waals surface area contributed by atoms with Crippen LogP contribution in [0.5, 0.6) is 0 Å². The van der Waals surface area contributed by atoms with Gasteiger partial charge in [-0.1, -0.05) is 31.2 Å². The summed E-state index contributed by atoms with van der Waals surface area (Å²) in [5.74, 6) is 0. The second-order valence-electron chi connectivity index (χ2n) is 6.36. The van der Waals surface area contributed by atoms with Gasteiger partial charge in [0.15, 0.2) is 0 Å². The number of aryl methyl sites for hydroxylation is 1. The molecule has 1 fully saturated rings. The largest absolute Gasteiger partial charge is 0.394 e.